The third kappa shape index (κ3) is 5.75. The number of aryl methyl sites for hydroxylation is 1. The number of halogens is 2. The molecule has 2 aromatic heterocycles. The lowest BCUT2D eigenvalue weighted by atomic mass is 10.1. The van der Waals surface area contributed by atoms with Gasteiger partial charge in [0, 0.05) is 25.1 Å². The number of carbonyl (C=O) groups is 1. The standard InChI is InChI=1S/C20H25N7O2.2ClH/c1-14-19(24-25-27(14)16-7-9-21-10-8-16)20(28)23-15-3-5-17(6-4-15)29-13-18-22-11-12-26(18)2;;/h3-6,11-12,16,21H,7-10,13H2,1-2H3,(H,23,28);2*1H. The van der Waals surface area contributed by atoms with Crippen LogP contribution in [0.25, 0.3) is 0 Å². The summed E-state index contributed by atoms with van der Waals surface area (Å²) in [6.45, 7) is 4.19. The van der Waals surface area contributed by atoms with Gasteiger partial charge in [0.05, 0.1) is 11.7 Å². The molecular weight excluding hydrogens is 441 g/mol. The number of nitrogens with one attached hydrogen (secondary N) is 2. The first-order valence-corrected chi connectivity index (χ1v) is 9.75. The summed E-state index contributed by atoms with van der Waals surface area (Å²) < 4.78 is 9.53. The van der Waals surface area contributed by atoms with Gasteiger partial charge in [0.25, 0.3) is 5.91 Å². The number of aromatic nitrogens is 5. The maximum Gasteiger partial charge on any atom is 0.278 e. The Morgan fingerprint density at radius 3 is 2.58 bits per heavy atom. The minimum atomic E-state index is -0.260. The van der Waals surface area contributed by atoms with Crippen LogP contribution < -0.4 is 15.4 Å². The van der Waals surface area contributed by atoms with Gasteiger partial charge in [0.15, 0.2) is 5.69 Å². The smallest absolute Gasteiger partial charge is 0.278 e. The molecule has 0 bridgehead atoms. The average Bonchev–Trinajstić information content (AvgIpc) is 3.33. The van der Waals surface area contributed by atoms with Crippen LogP contribution in [0.3, 0.4) is 0 Å². The number of hydrogen-bond acceptors (Lipinski definition) is 6. The molecule has 1 fully saturated rings. The van der Waals surface area contributed by atoms with Crippen molar-refractivity contribution in [2.45, 2.75) is 32.4 Å². The van der Waals surface area contributed by atoms with E-state index < -0.39 is 0 Å². The number of carbonyl (C=O) groups excluding carboxylic acids is 1. The zero-order valence-corrected chi connectivity index (χ0v) is 19.1. The first-order chi connectivity index (χ1) is 14.1. The fraction of sp³-hybridized carbons (Fsp3) is 0.400. The summed E-state index contributed by atoms with van der Waals surface area (Å²) in [5.41, 5.74) is 1.83. The Morgan fingerprint density at radius 2 is 1.94 bits per heavy atom. The number of piperidine rings is 1. The first-order valence-electron chi connectivity index (χ1n) is 9.75. The van der Waals surface area contributed by atoms with Crippen LogP contribution in [0.4, 0.5) is 5.69 Å². The lowest BCUT2D eigenvalue weighted by molar-refractivity contribution is 0.102. The maximum absolute atomic E-state index is 12.7. The molecule has 3 heterocycles. The zero-order valence-electron chi connectivity index (χ0n) is 17.4. The van der Waals surface area contributed by atoms with E-state index in [1.807, 2.05) is 41.5 Å². The molecule has 4 rings (SSSR count). The highest BCUT2D eigenvalue weighted by molar-refractivity contribution is 6.03. The molecule has 1 saturated heterocycles. The van der Waals surface area contributed by atoms with Gasteiger partial charge in [-0.2, -0.15) is 0 Å². The Kier molecular flexibility index (Phi) is 8.85. The Hall–Kier alpha value is -2.62. The quantitative estimate of drug-likeness (QED) is 0.577. The molecule has 9 nitrogen and oxygen atoms in total. The van der Waals surface area contributed by atoms with Crippen molar-refractivity contribution in [2.75, 3.05) is 18.4 Å². The minimum Gasteiger partial charge on any atom is -0.486 e. The second kappa shape index (κ2) is 11.1. The van der Waals surface area contributed by atoms with Crippen LogP contribution >= 0.6 is 24.8 Å². The molecule has 1 aliphatic heterocycles. The van der Waals surface area contributed by atoms with Crippen molar-refractivity contribution in [3.05, 3.63) is 53.9 Å². The number of amides is 1. The lowest BCUT2D eigenvalue weighted by Gasteiger charge is -2.23. The topological polar surface area (TPSA) is 98.9 Å². The summed E-state index contributed by atoms with van der Waals surface area (Å²) in [6, 6.07) is 7.53. The Labute approximate surface area is 193 Å². The van der Waals surface area contributed by atoms with Crippen LogP contribution in [0.15, 0.2) is 36.7 Å². The van der Waals surface area contributed by atoms with Crippen molar-refractivity contribution in [3.63, 3.8) is 0 Å². The normalized spacial score (nSPS) is 13.7. The van der Waals surface area contributed by atoms with E-state index in [9.17, 15) is 4.79 Å². The van der Waals surface area contributed by atoms with Gasteiger partial charge in [-0.3, -0.25) is 4.79 Å². The molecule has 1 aliphatic rings. The van der Waals surface area contributed by atoms with Gasteiger partial charge in [-0.1, -0.05) is 5.21 Å². The second-order valence-electron chi connectivity index (χ2n) is 7.17. The van der Waals surface area contributed by atoms with Crippen molar-refractivity contribution in [1.82, 2.24) is 29.9 Å². The van der Waals surface area contributed by atoms with Crippen LogP contribution in [0.5, 0.6) is 5.75 Å². The van der Waals surface area contributed by atoms with Crippen LogP contribution in [0.2, 0.25) is 0 Å². The van der Waals surface area contributed by atoms with Crippen molar-refractivity contribution in [1.29, 1.82) is 0 Å². The third-order valence-electron chi connectivity index (χ3n) is 5.20. The molecule has 0 aliphatic carbocycles. The zero-order chi connectivity index (χ0) is 20.2. The Bertz CT molecular complexity index is 982. The molecule has 11 heteroatoms. The van der Waals surface area contributed by atoms with E-state index in [4.69, 9.17) is 4.74 Å². The molecule has 0 atom stereocenters. The van der Waals surface area contributed by atoms with E-state index in [1.54, 1.807) is 18.3 Å². The van der Waals surface area contributed by atoms with Gasteiger partial charge in [0.1, 0.15) is 18.2 Å². The third-order valence-corrected chi connectivity index (χ3v) is 5.20. The number of imidazole rings is 1. The van der Waals surface area contributed by atoms with E-state index in [1.165, 1.54) is 0 Å². The van der Waals surface area contributed by atoms with Crippen molar-refractivity contribution >= 4 is 36.4 Å². The van der Waals surface area contributed by atoms with Crippen molar-refractivity contribution in [3.8, 4) is 5.75 Å². The molecule has 0 unspecified atom stereocenters. The fourth-order valence-electron chi connectivity index (χ4n) is 3.46. The van der Waals surface area contributed by atoms with Gasteiger partial charge >= 0.3 is 0 Å². The molecule has 31 heavy (non-hydrogen) atoms. The molecule has 0 saturated carbocycles. The summed E-state index contributed by atoms with van der Waals surface area (Å²) in [6.07, 6.45) is 5.59. The van der Waals surface area contributed by atoms with Crippen molar-refractivity contribution < 1.29 is 9.53 Å². The van der Waals surface area contributed by atoms with Gasteiger partial charge in [-0.25, -0.2) is 9.67 Å². The first kappa shape index (κ1) is 24.6. The van der Waals surface area contributed by atoms with Crippen LogP contribution in [0, 0.1) is 6.92 Å². The van der Waals surface area contributed by atoms with E-state index in [0.717, 1.165) is 37.4 Å². The number of hydrogen-bond donors (Lipinski definition) is 2. The van der Waals surface area contributed by atoms with E-state index >= 15 is 0 Å². The second-order valence-corrected chi connectivity index (χ2v) is 7.17. The lowest BCUT2D eigenvalue weighted by Crippen LogP contribution is -2.30. The van der Waals surface area contributed by atoms with E-state index in [2.05, 4.69) is 25.9 Å². The van der Waals surface area contributed by atoms with Gasteiger partial charge < -0.3 is 19.9 Å². The predicted octanol–water partition coefficient (Wildman–Crippen LogP) is 2.92. The summed E-state index contributed by atoms with van der Waals surface area (Å²) >= 11 is 0. The minimum absolute atomic E-state index is 0. The molecule has 0 spiro atoms. The largest absolute Gasteiger partial charge is 0.486 e. The number of benzene rings is 1. The number of nitrogens with zero attached hydrogens (tertiary/aromatic N) is 5. The molecule has 168 valence electrons. The van der Waals surface area contributed by atoms with E-state index in [0.29, 0.717) is 29.8 Å². The number of rotatable bonds is 6. The van der Waals surface area contributed by atoms with Gasteiger partial charge in [-0.15, -0.1) is 29.9 Å². The maximum atomic E-state index is 12.7. The SMILES string of the molecule is Cc1c(C(=O)Nc2ccc(OCc3nccn3C)cc2)nnn1C1CCNCC1.Cl.Cl. The van der Waals surface area contributed by atoms with E-state index in [-0.39, 0.29) is 30.7 Å². The van der Waals surface area contributed by atoms with Crippen molar-refractivity contribution in [2.24, 2.45) is 7.05 Å². The summed E-state index contributed by atoms with van der Waals surface area (Å²) in [5, 5.41) is 14.6. The monoisotopic (exact) mass is 467 g/mol. The van der Waals surface area contributed by atoms with Crippen LogP contribution in [-0.2, 0) is 13.7 Å². The highest BCUT2D eigenvalue weighted by Crippen LogP contribution is 2.21. The molecule has 1 aromatic carbocycles. The number of anilines is 1. The molecular formula is C20H27Cl2N7O2. The van der Waals surface area contributed by atoms with Crippen LogP contribution in [0.1, 0.15) is 40.9 Å². The summed E-state index contributed by atoms with van der Waals surface area (Å²) in [7, 11) is 1.92. The van der Waals surface area contributed by atoms with Gasteiger partial charge in [0.2, 0.25) is 0 Å². The highest BCUT2D eigenvalue weighted by Gasteiger charge is 2.23. The number of ether oxygens (including phenoxy) is 1. The predicted molar refractivity (Wildman–Crippen MR) is 122 cm³/mol. The van der Waals surface area contributed by atoms with Gasteiger partial charge in [-0.05, 0) is 57.1 Å². The molecule has 1 amide bonds. The molecule has 2 N–H and O–H groups in total. The summed E-state index contributed by atoms with van der Waals surface area (Å²) in [5.74, 6) is 1.29. The summed E-state index contributed by atoms with van der Waals surface area (Å²) in [4.78, 5) is 16.9. The Morgan fingerprint density at radius 1 is 1.23 bits per heavy atom. The Balaban J connectivity index is 0.00000171. The average molecular weight is 468 g/mol. The highest BCUT2D eigenvalue weighted by atomic mass is 35.5. The fourth-order valence-corrected chi connectivity index (χ4v) is 3.46. The molecule has 3 aromatic rings. The molecule has 0 radical (unpaired) electrons. The van der Waals surface area contributed by atoms with Crippen LogP contribution in [-0.4, -0.2) is 43.5 Å².